The van der Waals surface area contributed by atoms with Gasteiger partial charge in [0, 0.05) is 32.0 Å². The fourth-order valence-corrected chi connectivity index (χ4v) is 2.47. The Balaban J connectivity index is 2.21. The first-order valence-electron chi connectivity index (χ1n) is 7.45. The van der Waals surface area contributed by atoms with Crippen molar-refractivity contribution in [2.24, 2.45) is 0 Å². The Hall–Kier alpha value is -0.840. The van der Waals surface area contributed by atoms with Crippen LogP contribution >= 0.6 is 15.9 Å². The van der Waals surface area contributed by atoms with Crippen molar-refractivity contribution < 1.29 is 0 Å². The van der Waals surface area contributed by atoms with Crippen LogP contribution in [0.2, 0.25) is 0 Å². The largest absolute Gasteiger partial charge is 0.376 e. The minimum Gasteiger partial charge on any atom is -0.376 e. The zero-order valence-electron chi connectivity index (χ0n) is 12.6. The fourth-order valence-electron chi connectivity index (χ4n) is 2.08. The van der Waals surface area contributed by atoms with Crippen LogP contribution in [0.25, 0.3) is 0 Å². The van der Waals surface area contributed by atoms with Gasteiger partial charge in [-0.15, -0.1) is 0 Å². The van der Waals surface area contributed by atoms with Gasteiger partial charge in [0.2, 0.25) is 0 Å². The minimum atomic E-state index is -0.00600. The van der Waals surface area contributed by atoms with Crippen LogP contribution < -0.4 is 10.5 Å². The summed E-state index contributed by atoms with van der Waals surface area (Å²) < 4.78 is 1.57. The lowest BCUT2D eigenvalue weighted by Crippen LogP contribution is -2.24. The van der Waals surface area contributed by atoms with Gasteiger partial charge in [0.15, 0.2) is 0 Å². The normalized spacial score (nSPS) is 10.8. The molecule has 1 rings (SSSR count). The Bertz CT molecular complexity index is 431. The molecule has 0 aliphatic carbocycles. The van der Waals surface area contributed by atoms with E-state index in [2.05, 4.69) is 21.0 Å². The van der Waals surface area contributed by atoms with Gasteiger partial charge in [0.25, 0.3) is 5.56 Å². The molecule has 0 saturated heterocycles. The van der Waals surface area contributed by atoms with Crippen molar-refractivity contribution in [2.75, 3.05) is 24.3 Å². The summed E-state index contributed by atoms with van der Waals surface area (Å²) in [5.74, 6) is 0. The molecule has 5 heteroatoms. The molecule has 1 aromatic rings. The summed E-state index contributed by atoms with van der Waals surface area (Å²) in [4.78, 5) is 13.7. The zero-order valence-corrected chi connectivity index (χ0v) is 14.2. The molecule has 0 aliphatic rings. The first-order chi connectivity index (χ1) is 9.65. The molecule has 0 aromatic carbocycles. The molecule has 0 unspecified atom stereocenters. The van der Waals surface area contributed by atoms with Crippen LogP contribution in [0, 0.1) is 0 Å². The Morgan fingerprint density at radius 2 is 1.70 bits per heavy atom. The summed E-state index contributed by atoms with van der Waals surface area (Å²) in [5, 5.41) is 5.33. The number of nitrogens with zero attached hydrogens (tertiary/aromatic N) is 3. The first kappa shape index (κ1) is 17.2. The molecule has 0 aliphatic heterocycles. The number of aryl methyl sites for hydroxylation is 1. The van der Waals surface area contributed by atoms with E-state index in [1.807, 2.05) is 19.0 Å². The summed E-state index contributed by atoms with van der Waals surface area (Å²) >= 11 is 3.45. The van der Waals surface area contributed by atoms with Gasteiger partial charge in [-0.3, -0.25) is 4.79 Å². The van der Waals surface area contributed by atoms with Crippen LogP contribution in [0.4, 0.5) is 5.69 Å². The van der Waals surface area contributed by atoms with Crippen molar-refractivity contribution in [3.05, 3.63) is 22.6 Å². The second-order valence-corrected chi connectivity index (χ2v) is 6.13. The highest BCUT2D eigenvalue weighted by molar-refractivity contribution is 9.09. The molecule has 0 amide bonds. The molecule has 0 atom stereocenters. The van der Waals surface area contributed by atoms with Crippen LogP contribution in [0.5, 0.6) is 0 Å². The van der Waals surface area contributed by atoms with Crippen LogP contribution in [-0.4, -0.2) is 29.2 Å². The number of hydrogen-bond acceptors (Lipinski definition) is 3. The van der Waals surface area contributed by atoms with E-state index in [0.29, 0.717) is 0 Å². The zero-order chi connectivity index (χ0) is 14.8. The van der Waals surface area contributed by atoms with Gasteiger partial charge in [0.05, 0.1) is 11.9 Å². The van der Waals surface area contributed by atoms with E-state index < -0.39 is 0 Å². The predicted octanol–water partition coefficient (Wildman–Crippen LogP) is 3.43. The summed E-state index contributed by atoms with van der Waals surface area (Å²) in [5.41, 5.74) is 0.853. The van der Waals surface area contributed by atoms with Gasteiger partial charge in [-0.25, -0.2) is 4.68 Å². The van der Waals surface area contributed by atoms with Crippen molar-refractivity contribution in [3.8, 4) is 0 Å². The van der Waals surface area contributed by atoms with E-state index >= 15 is 0 Å². The molecule has 114 valence electrons. The smallest absolute Gasteiger partial charge is 0.268 e. The molecule has 4 nitrogen and oxygen atoms in total. The molecule has 0 bridgehead atoms. The molecule has 0 N–H and O–H groups in total. The first-order valence-corrected chi connectivity index (χ1v) is 8.57. The number of aromatic nitrogens is 2. The minimum absolute atomic E-state index is 0.00600. The average Bonchev–Trinajstić information content (AvgIpc) is 2.43. The highest BCUT2D eigenvalue weighted by Gasteiger charge is 2.01. The number of alkyl halides is 1. The second-order valence-electron chi connectivity index (χ2n) is 5.33. The third kappa shape index (κ3) is 6.55. The van der Waals surface area contributed by atoms with E-state index in [9.17, 15) is 4.79 Å². The van der Waals surface area contributed by atoms with Crippen molar-refractivity contribution in [1.82, 2.24) is 9.78 Å². The molecule has 0 radical (unpaired) electrons. The number of rotatable bonds is 10. The maximum Gasteiger partial charge on any atom is 0.268 e. The van der Waals surface area contributed by atoms with Crippen LogP contribution in [0.15, 0.2) is 17.1 Å². The SMILES string of the molecule is CN(C)c1cnn(CCCCCCCCCBr)c(=O)c1. The predicted molar refractivity (Wildman–Crippen MR) is 88.9 cm³/mol. The topological polar surface area (TPSA) is 38.1 Å². The van der Waals surface area contributed by atoms with Gasteiger partial charge in [0.1, 0.15) is 0 Å². The van der Waals surface area contributed by atoms with E-state index in [0.717, 1.165) is 24.0 Å². The summed E-state index contributed by atoms with van der Waals surface area (Å²) in [7, 11) is 3.83. The summed E-state index contributed by atoms with van der Waals surface area (Å²) in [6.07, 6.45) is 10.4. The van der Waals surface area contributed by atoms with Crippen molar-refractivity contribution in [1.29, 1.82) is 0 Å². The Kier molecular flexibility index (Phi) is 8.58. The Morgan fingerprint density at radius 3 is 2.25 bits per heavy atom. The number of halogens is 1. The maximum atomic E-state index is 11.9. The van der Waals surface area contributed by atoms with Crippen LogP contribution in [-0.2, 0) is 6.54 Å². The van der Waals surface area contributed by atoms with E-state index in [1.165, 1.54) is 38.5 Å². The molecule has 1 heterocycles. The molecular weight excluding hydrogens is 318 g/mol. The lowest BCUT2D eigenvalue weighted by atomic mass is 10.1. The molecule has 1 aromatic heterocycles. The number of unbranched alkanes of at least 4 members (excludes halogenated alkanes) is 6. The molecule has 0 saturated carbocycles. The number of anilines is 1. The van der Waals surface area contributed by atoms with Gasteiger partial charge in [-0.05, 0) is 12.8 Å². The Labute approximate surface area is 130 Å². The van der Waals surface area contributed by atoms with Gasteiger partial charge in [-0.2, -0.15) is 5.10 Å². The van der Waals surface area contributed by atoms with E-state index in [4.69, 9.17) is 0 Å². The third-order valence-corrected chi connectivity index (χ3v) is 3.94. The molecule has 0 fully saturated rings. The van der Waals surface area contributed by atoms with E-state index in [1.54, 1.807) is 16.9 Å². The monoisotopic (exact) mass is 343 g/mol. The van der Waals surface area contributed by atoms with Crippen molar-refractivity contribution in [2.45, 2.75) is 51.5 Å². The maximum absolute atomic E-state index is 11.9. The van der Waals surface area contributed by atoms with Gasteiger partial charge in [-0.1, -0.05) is 48.0 Å². The summed E-state index contributed by atoms with van der Waals surface area (Å²) in [6.45, 7) is 0.730. The lowest BCUT2D eigenvalue weighted by Gasteiger charge is -2.12. The molecule has 20 heavy (non-hydrogen) atoms. The van der Waals surface area contributed by atoms with Gasteiger partial charge >= 0.3 is 0 Å². The number of hydrogen-bond donors (Lipinski definition) is 0. The second kappa shape index (κ2) is 9.97. The standard InChI is InChI=1S/C15H26BrN3O/c1-18(2)14-12-15(20)19(17-13-14)11-9-7-5-3-4-6-8-10-16/h12-13H,3-11H2,1-2H3. The molecular formula is C15H26BrN3O. The third-order valence-electron chi connectivity index (χ3n) is 3.38. The lowest BCUT2D eigenvalue weighted by molar-refractivity contribution is 0.506. The average molecular weight is 344 g/mol. The van der Waals surface area contributed by atoms with E-state index in [-0.39, 0.29) is 5.56 Å². The quantitative estimate of drug-likeness (QED) is 0.482. The summed E-state index contributed by atoms with van der Waals surface area (Å²) in [6, 6.07) is 1.65. The highest BCUT2D eigenvalue weighted by atomic mass is 79.9. The Morgan fingerprint density at radius 1 is 1.10 bits per heavy atom. The highest BCUT2D eigenvalue weighted by Crippen LogP contribution is 2.09. The fraction of sp³-hybridized carbons (Fsp3) is 0.733. The van der Waals surface area contributed by atoms with Crippen molar-refractivity contribution in [3.63, 3.8) is 0 Å². The molecule has 0 spiro atoms. The van der Waals surface area contributed by atoms with Crippen molar-refractivity contribution >= 4 is 21.6 Å². The van der Waals surface area contributed by atoms with Crippen LogP contribution in [0.3, 0.4) is 0 Å². The van der Waals surface area contributed by atoms with Gasteiger partial charge < -0.3 is 4.90 Å². The van der Waals surface area contributed by atoms with Crippen LogP contribution in [0.1, 0.15) is 44.9 Å².